The quantitative estimate of drug-likeness (QED) is 0.904. The van der Waals surface area contributed by atoms with Crippen molar-refractivity contribution in [3.63, 3.8) is 0 Å². The highest BCUT2D eigenvalue weighted by Crippen LogP contribution is 2.38. The van der Waals surface area contributed by atoms with Gasteiger partial charge >= 0.3 is 0 Å². The molecule has 1 aromatic carbocycles. The SMILES string of the molecule is Cc1ccc(Br)cc1-c1nc(C2(N)CCC2)no1.Cl. The van der Waals surface area contributed by atoms with Crippen LogP contribution in [0, 0.1) is 6.92 Å². The number of nitrogens with zero attached hydrogens (tertiary/aromatic N) is 2. The van der Waals surface area contributed by atoms with Gasteiger partial charge in [-0.15, -0.1) is 12.4 Å². The van der Waals surface area contributed by atoms with Gasteiger partial charge in [0.15, 0.2) is 5.82 Å². The summed E-state index contributed by atoms with van der Waals surface area (Å²) in [4.78, 5) is 4.45. The average molecular weight is 345 g/mol. The first-order chi connectivity index (χ1) is 8.58. The zero-order valence-corrected chi connectivity index (χ0v) is 12.9. The zero-order valence-electron chi connectivity index (χ0n) is 10.5. The molecule has 2 N–H and O–H groups in total. The Hall–Kier alpha value is -0.910. The lowest BCUT2D eigenvalue weighted by molar-refractivity contribution is 0.229. The van der Waals surface area contributed by atoms with E-state index in [9.17, 15) is 0 Å². The molecule has 19 heavy (non-hydrogen) atoms. The summed E-state index contributed by atoms with van der Waals surface area (Å²) in [5, 5.41) is 4.03. The number of hydrogen-bond acceptors (Lipinski definition) is 4. The van der Waals surface area contributed by atoms with Gasteiger partial charge in [0.25, 0.3) is 5.89 Å². The molecule has 0 radical (unpaired) electrons. The fourth-order valence-corrected chi connectivity index (χ4v) is 2.50. The van der Waals surface area contributed by atoms with E-state index in [1.807, 2.05) is 25.1 Å². The molecule has 6 heteroatoms. The van der Waals surface area contributed by atoms with Crippen LogP contribution in [0.15, 0.2) is 27.2 Å². The molecule has 1 aromatic heterocycles. The van der Waals surface area contributed by atoms with E-state index in [-0.39, 0.29) is 17.9 Å². The number of aryl methyl sites for hydroxylation is 1. The second-order valence-electron chi connectivity index (χ2n) is 4.89. The summed E-state index contributed by atoms with van der Waals surface area (Å²) in [6.07, 6.45) is 3.00. The maximum Gasteiger partial charge on any atom is 0.258 e. The summed E-state index contributed by atoms with van der Waals surface area (Å²) < 4.78 is 6.34. The second-order valence-corrected chi connectivity index (χ2v) is 5.81. The van der Waals surface area contributed by atoms with E-state index in [1.54, 1.807) is 0 Å². The minimum absolute atomic E-state index is 0. The Labute approximate surface area is 126 Å². The van der Waals surface area contributed by atoms with E-state index in [0.717, 1.165) is 34.9 Å². The number of hydrogen-bond donors (Lipinski definition) is 1. The van der Waals surface area contributed by atoms with Gasteiger partial charge in [0.2, 0.25) is 0 Å². The Morgan fingerprint density at radius 1 is 1.37 bits per heavy atom. The predicted octanol–water partition coefficient (Wildman–Crippen LogP) is 3.57. The molecule has 0 atom stereocenters. The van der Waals surface area contributed by atoms with E-state index in [1.165, 1.54) is 0 Å². The highest BCUT2D eigenvalue weighted by Gasteiger charge is 2.39. The van der Waals surface area contributed by atoms with Gasteiger partial charge in [-0.1, -0.05) is 27.2 Å². The van der Waals surface area contributed by atoms with Crippen molar-refractivity contribution in [2.75, 3.05) is 0 Å². The third-order valence-electron chi connectivity index (χ3n) is 3.55. The van der Waals surface area contributed by atoms with Gasteiger partial charge in [0.1, 0.15) is 0 Å². The van der Waals surface area contributed by atoms with Gasteiger partial charge in [-0.2, -0.15) is 4.98 Å². The molecule has 1 aliphatic carbocycles. The molecular formula is C13H15BrClN3O. The summed E-state index contributed by atoms with van der Waals surface area (Å²) in [6.45, 7) is 2.02. The normalized spacial score (nSPS) is 16.6. The lowest BCUT2D eigenvalue weighted by atomic mass is 9.77. The minimum atomic E-state index is -0.373. The molecule has 0 aliphatic heterocycles. The standard InChI is InChI=1S/C13H14BrN3O.ClH/c1-8-3-4-9(14)7-10(8)11-16-12(17-18-11)13(15)5-2-6-13;/h3-4,7H,2,5-6,15H2,1H3;1H. The summed E-state index contributed by atoms with van der Waals surface area (Å²) in [7, 11) is 0. The smallest absolute Gasteiger partial charge is 0.258 e. The molecule has 2 aromatic rings. The Bertz CT molecular complexity index is 595. The van der Waals surface area contributed by atoms with Crippen LogP contribution >= 0.6 is 28.3 Å². The van der Waals surface area contributed by atoms with Crippen molar-refractivity contribution in [1.82, 2.24) is 10.1 Å². The summed E-state index contributed by atoms with van der Waals surface area (Å²) in [6, 6.07) is 5.99. The maximum absolute atomic E-state index is 6.19. The zero-order chi connectivity index (χ0) is 12.8. The fraction of sp³-hybridized carbons (Fsp3) is 0.385. The van der Waals surface area contributed by atoms with Crippen LogP contribution in [0.3, 0.4) is 0 Å². The summed E-state index contributed by atoms with van der Waals surface area (Å²) in [5.74, 6) is 1.17. The Morgan fingerprint density at radius 3 is 2.74 bits per heavy atom. The Kier molecular flexibility index (Phi) is 3.99. The molecule has 1 aliphatic rings. The van der Waals surface area contributed by atoms with E-state index in [4.69, 9.17) is 10.3 Å². The molecule has 0 bridgehead atoms. The number of halogens is 2. The fourth-order valence-electron chi connectivity index (χ4n) is 2.14. The first-order valence-corrected chi connectivity index (χ1v) is 6.77. The van der Waals surface area contributed by atoms with Gasteiger partial charge < -0.3 is 10.3 Å². The van der Waals surface area contributed by atoms with Crippen molar-refractivity contribution in [2.24, 2.45) is 5.73 Å². The van der Waals surface area contributed by atoms with Gasteiger partial charge in [0, 0.05) is 10.0 Å². The summed E-state index contributed by atoms with van der Waals surface area (Å²) in [5.41, 5.74) is 7.87. The van der Waals surface area contributed by atoms with E-state index in [0.29, 0.717) is 11.7 Å². The van der Waals surface area contributed by atoms with Crippen molar-refractivity contribution in [2.45, 2.75) is 31.7 Å². The first-order valence-electron chi connectivity index (χ1n) is 5.98. The minimum Gasteiger partial charge on any atom is -0.334 e. The molecule has 0 saturated heterocycles. The number of nitrogens with two attached hydrogens (primary N) is 1. The van der Waals surface area contributed by atoms with Crippen LogP contribution < -0.4 is 5.73 Å². The predicted molar refractivity (Wildman–Crippen MR) is 79.1 cm³/mol. The molecule has 102 valence electrons. The third kappa shape index (κ3) is 2.55. The van der Waals surface area contributed by atoms with E-state index >= 15 is 0 Å². The maximum atomic E-state index is 6.19. The van der Waals surface area contributed by atoms with Crippen LogP contribution in [0.2, 0.25) is 0 Å². The number of rotatable bonds is 2. The molecule has 0 unspecified atom stereocenters. The molecule has 0 spiro atoms. The van der Waals surface area contributed by atoms with Crippen LogP contribution in [-0.4, -0.2) is 10.1 Å². The summed E-state index contributed by atoms with van der Waals surface area (Å²) >= 11 is 3.45. The molecule has 4 nitrogen and oxygen atoms in total. The molecular weight excluding hydrogens is 330 g/mol. The van der Waals surface area contributed by atoms with Crippen LogP contribution in [0.4, 0.5) is 0 Å². The Balaban J connectivity index is 0.00000133. The topological polar surface area (TPSA) is 64.9 Å². The third-order valence-corrected chi connectivity index (χ3v) is 4.04. The number of aromatic nitrogens is 2. The van der Waals surface area contributed by atoms with E-state index < -0.39 is 0 Å². The van der Waals surface area contributed by atoms with Crippen molar-refractivity contribution in [1.29, 1.82) is 0 Å². The van der Waals surface area contributed by atoms with Crippen molar-refractivity contribution >= 4 is 28.3 Å². The van der Waals surface area contributed by atoms with Crippen molar-refractivity contribution < 1.29 is 4.52 Å². The monoisotopic (exact) mass is 343 g/mol. The molecule has 1 saturated carbocycles. The second kappa shape index (κ2) is 5.23. The lowest BCUT2D eigenvalue weighted by Crippen LogP contribution is -2.44. The highest BCUT2D eigenvalue weighted by molar-refractivity contribution is 9.10. The van der Waals surface area contributed by atoms with Gasteiger partial charge in [-0.3, -0.25) is 0 Å². The molecule has 3 rings (SSSR count). The molecule has 1 fully saturated rings. The van der Waals surface area contributed by atoms with Crippen LogP contribution in [0.25, 0.3) is 11.5 Å². The van der Waals surface area contributed by atoms with Crippen LogP contribution in [0.5, 0.6) is 0 Å². The largest absolute Gasteiger partial charge is 0.334 e. The molecule has 0 amide bonds. The van der Waals surface area contributed by atoms with Crippen LogP contribution in [-0.2, 0) is 5.54 Å². The first kappa shape index (κ1) is 14.5. The van der Waals surface area contributed by atoms with E-state index in [2.05, 4.69) is 26.1 Å². The Morgan fingerprint density at radius 2 is 2.11 bits per heavy atom. The average Bonchev–Trinajstić information content (AvgIpc) is 2.79. The van der Waals surface area contributed by atoms with Gasteiger partial charge in [-0.25, -0.2) is 0 Å². The van der Waals surface area contributed by atoms with Crippen LogP contribution in [0.1, 0.15) is 30.7 Å². The van der Waals surface area contributed by atoms with Gasteiger partial charge in [0.05, 0.1) is 5.54 Å². The van der Waals surface area contributed by atoms with Crippen molar-refractivity contribution in [3.05, 3.63) is 34.1 Å². The van der Waals surface area contributed by atoms with Gasteiger partial charge in [-0.05, 0) is 43.9 Å². The number of benzene rings is 1. The van der Waals surface area contributed by atoms with Crippen molar-refractivity contribution in [3.8, 4) is 11.5 Å². The highest BCUT2D eigenvalue weighted by atomic mass is 79.9. The molecule has 1 heterocycles. The lowest BCUT2D eigenvalue weighted by Gasteiger charge is -2.34.